The number of amides is 1. The van der Waals surface area contributed by atoms with Crippen molar-refractivity contribution in [2.24, 2.45) is 0 Å². The molecule has 4 rings (SSSR count). The number of anilines is 2. The average Bonchev–Trinajstić information content (AvgIpc) is 2.78. The monoisotopic (exact) mass is 387 g/mol. The Morgan fingerprint density at radius 1 is 0.931 bits per heavy atom. The predicted octanol–water partition coefficient (Wildman–Crippen LogP) is 3.04. The van der Waals surface area contributed by atoms with Crippen LogP contribution in [0.15, 0.2) is 67.1 Å². The van der Waals surface area contributed by atoms with Crippen molar-refractivity contribution in [3.63, 3.8) is 0 Å². The average molecular weight is 387 g/mol. The maximum Gasteiger partial charge on any atom is 0.270 e. The van der Waals surface area contributed by atoms with Crippen LogP contribution in [0.5, 0.6) is 0 Å². The molecule has 1 amide bonds. The van der Waals surface area contributed by atoms with Crippen molar-refractivity contribution >= 4 is 17.3 Å². The van der Waals surface area contributed by atoms with E-state index >= 15 is 0 Å². The second kappa shape index (κ2) is 8.73. The second-order valence-electron chi connectivity index (χ2n) is 7.25. The molecule has 1 aliphatic rings. The van der Waals surface area contributed by atoms with Crippen LogP contribution in [0.1, 0.15) is 21.6 Å². The van der Waals surface area contributed by atoms with E-state index in [0.29, 0.717) is 12.2 Å². The van der Waals surface area contributed by atoms with E-state index in [1.807, 2.05) is 24.3 Å². The maximum absolute atomic E-state index is 12.5. The van der Waals surface area contributed by atoms with Gasteiger partial charge in [-0.05, 0) is 54.4 Å². The minimum atomic E-state index is -0.165. The molecule has 0 radical (unpaired) electrons. The largest absolute Gasteiger partial charge is 0.368 e. The lowest BCUT2D eigenvalue weighted by atomic mass is 10.2. The van der Waals surface area contributed by atoms with E-state index in [-0.39, 0.29) is 5.91 Å². The van der Waals surface area contributed by atoms with Crippen LogP contribution in [0.2, 0.25) is 0 Å². The first-order valence-electron chi connectivity index (χ1n) is 9.89. The molecule has 0 unspecified atom stereocenters. The summed E-state index contributed by atoms with van der Waals surface area (Å²) in [5, 5.41) is 2.92. The summed E-state index contributed by atoms with van der Waals surface area (Å²) < 4.78 is 0. The van der Waals surface area contributed by atoms with Crippen LogP contribution >= 0.6 is 0 Å². The van der Waals surface area contributed by atoms with Gasteiger partial charge < -0.3 is 15.1 Å². The van der Waals surface area contributed by atoms with E-state index in [2.05, 4.69) is 56.3 Å². The van der Waals surface area contributed by atoms with Gasteiger partial charge in [0.1, 0.15) is 5.69 Å². The molecule has 3 heterocycles. The molecule has 0 bridgehead atoms. The van der Waals surface area contributed by atoms with Gasteiger partial charge >= 0.3 is 0 Å². The molecular weight excluding hydrogens is 362 g/mol. The number of nitrogens with zero attached hydrogens (tertiary/aromatic N) is 4. The Bertz CT molecular complexity index is 968. The van der Waals surface area contributed by atoms with Crippen LogP contribution in [-0.2, 0) is 6.54 Å². The van der Waals surface area contributed by atoms with Crippen LogP contribution in [0.25, 0.3) is 0 Å². The third-order valence-corrected chi connectivity index (χ3v) is 5.19. The Labute approximate surface area is 171 Å². The van der Waals surface area contributed by atoms with Gasteiger partial charge in [0.05, 0.1) is 0 Å². The lowest BCUT2D eigenvalue weighted by Gasteiger charge is -2.37. The molecule has 29 heavy (non-hydrogen) atoms. The summed E-state index contributed by atoms with van der Waals surface area (Å²) >= 11 is 0. The van der Waals surface area contributed by atoms with E-state index in [1.54, 1.807) is 18.6 Å². The Morgan fingerprint density at radius 3 is 2.31 bits per heavy atom. The van der Waals surface area contributed by atoms with E-state index in [1.165, 1.54) is 11.3 Å². The summed E-state index contributed by atoms with van der Waals surface area (Å²) in [4.78, 5) is 25.5. The fourth-order valence-electron chi connectivity index (χ4n) is 3.56. The highest BCUT2D eigenvalue weighted by atomic mass is 16.1. The summed E-state index contributed by atoms with van der Waals surface area (Å²) in [6, 6.07) is 16.3. The molecule has 6 nitrogen and oxygen atoms in total. The van der Waals surface area contributed by atoms with Crippen molar-refractivity contribution in [3.8, 4) is 0 Å². The molecular formula is C23H25N5O. The van der Waals surface area contributed by atoms with Crippen LogP contribution in [-0.4, -0.2) is 42.1 Å². The van der Waals surface area contributed by atoms with Crippen molar-refractivity contribution in [2.45, 2.75) is 13.5 Å². The van der Waals surface area contributed by atoms with Gasteiger partial charge in [0.2, 0.25) is 0 Å². The normalized spacial score (nSPS) is 14.0. The van der Waals surface area contributed by atoms with Crippen molar-refractivity contribution in [1.29, 1.82) is 0 Å². The zero-order chi connectivity index (χ0) is 20.1. The Hall–Kier alpha value is -3.41. The van der Waals surface area contributed by atoms with Crippen molar-refractivity contribution in [3.05, 3.63) is 83.9 Å². The first-order chi connectivity index (χ1) is 14.2. The summed E-state index contributed by atoms with van der Waals surface area (Å²) in [5.74, 6) is -0.165. The molecule has 0 spiro atoms. The molecule has 1 saturated heterocycles. The van der Waals surface area contributed by atoms with E-state index in [4.69, 9.17) is 0 Å². The van der Waals surface area contributed by atoms with E-state index in [0.717, 1.165) is 37.4 Å². The quantitative estimate of drug-likeness (QED) is 0.729. The molecule has 1 fully saturated rings. The summed E-state index contributed by atoms with van der Waals surface area (Å²) in [6.07, 6.45) is 5.15. The van der Waals surface area contributed by atoms with Gasteiger partial charge in [-0.3, -0.25) is 14.8 Å². The zero-order valence-corrected chi connectivity index (χ0v) is 16.6. The predicted molar refractivity (Wildman–Crippen MR) is 115 cm³/mol. The smallest absolute Gasteiger partial charge is 0.270 e. The fraction of sp³-hybridized carbons (Fsp3) is 0.261. The molecule has 6 heteroatoms. The Kier molecular flexibility index (Phi) is 5.70. The van der Waals surface area contributed by atoms with Gasteiger partial charge in [-0.2, -0.15) is 0 Å². The molecule has 0 saturated carbocycles. The molecule has 0 aliphatic carbocycles. The summed E-state index contributed by atoms with van der Waals surface area (Å²) in [7, 11) is 0. The number of hydrogen-bond acceptors (Lipinski definition) is 5. The number of hydrogen-bond donors (Lipinski definition) is 1. The number of benzene rings is 1. The second-order valence-corrected chi connectivity index (χ2v) is 7.25. The van der Waals surface area contributed by atoms with Gasteiger partial charge in [0.15, 0.2) is 0 Å². The lowest BCUT2D eigenvalue weighted by Crippen LogP contribution is -2.46. The van der Waals surface area contributed by atoms with Gasteiger partial charge in [-0.1, -0.05) is 12.1 Å². The maximum atomic E-state index is 12.5. The highest BCUT2D eigenvalue weighted by Crippen LogP contribution is 2.21. The summed E-state index contributed by atoms with van der Waals surface area (Å²) in [6.45, 7) is 6.32. The van der Waals surface area contributed by atoms with Crippen molar-refractivity contribution in [2.75, 3.05) is 36.0 Å². The number of aromatic nitrogens is 2. The number of pyridine rings is 2. The number of piperazine rings is 1. The third-order valence-electron chi connectivity index (χ3n) is 5.19. The van der Waals surface area contributed by atoms with Crippen LogP contribution in [0.4, 0.5) is 11.4 Å². The topological polar surface area (TPSA) is 61.4 Å². The fourth-order valence-corrected chi connectivity index (χ4v) is 3.56. The molecule has 2 aromatic heterocycles. The molecule has 148 valence electrons. The molecule has 0 atom stereocenters. The van der Waals surface area contributed by atoms with Gasteiger partial charge in [0.25, 0.3) is 5.91 Å². The Morgan fingerprint density at radius 2 is 1.62 bits per heavy atom. The van der Waals surface area contributed by atoms with Crippen LogP contribution in [0, 0.1) is 6.92 Å². The Balaban J connectivity index is 1.37. The SMILES string of the molecule is Cc1cccc(N2CCN(c3ccnc(C(=O)NCc4ccncc4)c3)CC2)c1. The van der Waals surface area contributed by atoms with Crippen LogP contribution < -0.4 is 15.1 Å². The third kappa shape index (κ3) is 4.71. The van der Waals surface area contributed by atoms with Crippen LogP contribution in [0.3, 0.4) is 0 Å². The lowest BCUT2D eigenvalue weighted by molar-refractivity contribution is 0.0946. The number of aryl methyl sites for hydroxylation is 1. The highest BCUT2D eigenvalue weighted by Gasteiger charge is 2.19. The number of nitrogens with one attached hydrogen (secondary N) is 1. The summed E-state index contributed by atoms with van der Waals surface area (Å²) in [5.41, 5.74) is 5.05. The number of rotatable bonds is 5. The van der Waals surface area contributed by atoms with E-state index in [9.17, 15) is 4.79 Å². The van der Waals surface area contributed by atoms with Crippen molar-refractivity contribution < 1.29 is 4.79 Å². The van der Waals surface area contributed by atoms with Gasteiger partial charge in [-0.15, -0.1) is 0 Å². The molecule has 1 N–H and O–H groups in total. The highest BCUT2D eigenvalue weighted by molar-refractivity contribution is 5.93. The van der Waals surface area contributed by atoms with Gasteiger partial charge in [0, 0.05) is 62.7 Å². The number of carbonyl (C=O) groups excluding carboxylic acids is 1. The first kappa shape index (κ1) is 18.9. The molecule has 3 aromatic rings. The first-order valence-corrected chi connectivity index (χ1v) is 9.89. The molecule has 1 aliphatic heterocycles. The molecule has 1 aromatic carbocycles. The number of carbonyl (C=O) groups is 1. The van der Waals surface area contributed by atoms with Crippen molar-refractivity contribution in [1.82, 2.24) is 15.3 Å². The van der Waals surface area contributed by atoms with Gasteiger partial charge in [-0.25, -0.2) is 0 Å². The zero-order valence-electron chi connectivity index (χ0n) is 16.6. The standard InChI is InChI=1S/C23H25N5O/c1-18-3-2-4-20(15-18)27-11-13-28(14-12-27)21-7-10-25-22(16-21)23(29)26-17-19-5-8-24-9-6-19/h2-10,15-16H,11-14,17H2,1H3,(H,26,29). The minimum absolute atomic E-state index is 0.165. The van der Waals surface area contributed by atoms with E-state index < -0.39 is 0 Å². The minimum Gasteiger partial charge on any atom is -0.368 e.